The molecule has 50 valence electrons. The molecule has 0 aliphatic carbocycles. The molecule has 0 bridgehead atoms. The summed E-state index contributed by atoms with van der Waals surface area (Å²) < 4.78 is 12.2. The number of aliphatic hydroxyl groups is 1. The first-order valence-electron chi connectivity index (χ1n) is 2.70. The standard InChI is InChI=1S/C7H9FO/c1-2-4-7(8)5-3-6-9/h1,5,9H,3-4,6H2. The van der Waals surface area contributed by atoms with Crippen LogP contribution >= 0.6 is 0 Å². The van der Waals surface area contributed by atoms with Crippen molar-refractivity contribution in [3.63, 3.8) is 0 Å². The molecule has 0 atom stereocenters. The van der Waals surface area contributed by atoms with Crippen LogP contribution in [0.15, 0.2) is 11.9 Å². The van der Waals surface area contributed by atoms with E-state index in [1.54, 1.807) is 0 Å². The maximum absolute atomic E-state index is 12.2. The Morgan fingerprint density at radius 3 is 2.89 bits per heavy atom. The van der Waals surface area contributed by atoms with Crippen LogP contribution in [-0.4, -0.2) is 11.7 Å². The number of allylic oxidation sites excluding steroid dienone is 1. The molecule has 2 heteroatoms. The fraction of sp³-hybridized carbons (Fsp3) is 0.429. The minimum Gasteiger partial charge on any atom is -0.396 e. The van der Waals surface area contributed by atoms with Crippen molar-refractivity contribution in [1.29, 1.82) is 0 Å². The zero-order chi connectivity index (χ0) is 7.11. The van der Waals surface area contributed by atoms with Gasteiger partial charge in [0.05, 0.1) is 6.42 Å². The summed E-state index contributed by atoms with van der Waals surface area (Å²) in [5.74, 6) is 1.81. The molecular weight excluding hydrogens is 119 g/mol. The molecule has 0 rings (SSSR count). The molecule has 0 aliphatic heterocycles. The predicted octanol–water partition coefficient (Wildman–Crippen LogP) is 1.25. The van der Waals surface area contributed by atoms with Gasteiger partial charge in [-0.2, -0.15) is 0 Å². The van der Waals surface area contributed by atoms with Crippen molar-refractivity contribution in [1.82, 2.24) is 0 Å². The molecule has 0 unspecified atom stereocenters. The second kappa shape index (κ2) is 5.33. The summed E-state index contributed by atoms with van der Waals surface area (Å²) in [6.45, 7) is -0.0298. The average Bonchev–Trinajstić information content (AvgIpc) is 1.85. The van der Waals surface area contributed by atoms with Crippen LogP contribution in [0.4, 0.5) is 4.39 Å². The summed E-state index contributed by atoms with van der Waals surface area (Å²) in [6, 6.07) is 0. The SMILES string of the molecule is C#CCC(F)=CCCO. The number of halogens is 1. The van der Waals surface area contributed by atoms with Crippen molar-refractivity contribution in [2.24, 2.45) is 0 Å². The highest BCUT2D eigenvalue weighted by atomic mass is 19.1. The lowest BCUT2D eigenvalue weighted by atomic mass is 10.3. The molecule has 0 fully saturated rings. The number of hydrogen-bond acceptors (Lipinski definition) is 1. The Hall–Kier alpha value is -0.810. The second-order valence-corrected chi connectivity index (χ2v) is 1.54. The van der Waals surface area contributed by atoms with Gasteiger partial charge in [0.2, 0.25) is 0 Å². The quantitative estimate of drug-likeness (QED) is 0.567. The van der Waals surface area contributed by atoms with Gasteiger partial charge in [-0.25, -0.2) is 4.39 Å². The fourth-order valence-electron chi connectivity index (χ4n) is 0.391. The molecule has 0 aliphatic rings. The van der Waals surface area contributed by atoms with Gasteiger partial charge in [0, 0.05) is 6.61 Å². The Balaban J connectivity index is 3.46. The molecule has 0 saturated heterocycles. The molecule has 1 N–H and O–H groups in total. The van der Waals surface area contributed by atoms with E-state index in [0.29, 0.717) is 6.42 Å². The first kappa shape index (κ1) is 8.19. The normalized spacial score (nSPS) is 11.0. The van der Waals surface area contributed by atoms with Crippen molar-refractivity contribution >= 4 is 0 Å². The molecule has 0 radical (unpaired) electrons. The number of hydrogen-bond donors (Lipinski definition) is 1. The summed E-state index contributed by atoms with van der Waals surface area (Å²) in [7, 11) is 0. The predicted molar refractivity (Wildman–Crippen MR) is 34.3 cm³/mol. The zero-order valence-corrected chi connectivity index (χ0v) is 5.10. The minimum atomic E-state index is -0.341. The summed E-state index contributed by atoms with van der Waals surface area (Å²) in [5.41, 5.74) is 0. The van der Waals surface area contributed by atoms with E-state index in [1.807, 2.05) is 0 Å². The lowest BCUT2D eigenvalue weighted by Crippen LogP contribution is -1.78. The third-order valence-electron chi connectivity index (χ3n) is 0.766. The minimum absolute atomic E-state index is 0.0278. The maximum atomic E-state index is 12.2. The van der Waals surface area contributed by atoms with Gasteiger partial charge in [0.1, 0.15) is 5.83 Å². The van der Waals surface area contributed by atoms with E-state index in [-0.39, 0.29) is 18.9 Å². The Morgan fingerprint density at radius 1 is 1.78 bits per heavy atom. The number of rotatable bonds is 3. The van der Waals surface area contributed by atoms with E-state index in [4.69, 9.17) is 11.5 Å². The Morgan fingerprint density at radius 2 is 2.44 bits per heavy atom. The monoisotopic (exact) mass is 128 g/mol. The molecular formula is C7H9FO. The van der Waals surface area contributed by atoms with Crippen LogP contribution in [0.5, 0.6) is 0 Å². The van der Waals surface area contributed by atoms with Crippen LogP contribution in [-0.2, 0) is 0 Å². The molecule has 0 aromatic heterocycles. The van der Waals surface area contributed by atoms with Gasteiger partial charge in [0.25, 0.3) is 0 Å². The fourth-order valence-corrected chi connectivity index (χ4v) is 0.391. The third kappa shape index (κ3) is 5.05. The highest BCUT2D eigenvalue weighted by Crippen LogP contribution is 2.01. The van der Waals surface area contributed by atoms with E-state index in [1.165, 1.54) is 6.08 Å². The van der Waals surface area contributed by atoms with Gasteiger partial charge in [-0.05, 0) is 12.5 Å². The van der Waals surface area contributed by atoms with E-state index in [2.05, 4.69) is 5.92 Å². The highest BCUT2D eigenvalue weighted by molar-refractivity contribution is 5.02. The highest BCUT2D eigenvalue weighted by Gasteiger charge is 1.87. The molecule has 0 saturated carbocycles. The largest absolute Gasteiger partial charge is 0.396 e. The second-order valence-electron chi connectivity index (χ2n) is 1.54. The van der Waals surface area contributed by atoms with E-state index >= 15 is 0 Å². The number of terminal acetylenes is 1. The topological polar surface area (TPSA) is 20.2 Å². The van der Waals surface area contributed by atoms with Gasteiger partial charge >= 0.3 is 0 Å². The van der Waals surface area contributed by atoms with Gasteiger partial charge in [0.15, 0.2) is 0 Å². The Kier molecular flexibility index (Phi) is 4.85. The molecule has 0 aromatic carbocycles. The lowest BCUT2D eigenvalue weighted by molar-refractivity contribution is 0.301. The van der Waals surface area contributed by atoms with Crippen LogP contribution in [0.3, 0.4) is 0 Å². The van der Waals surface area contributed by atoms with Gasteiger partial charge in [-0.3, -0.25) is 0 Å². The molecule has 9 heavy (non-hydrogen) atoms. The van der Waals surface area contributed by atoms with Gasteiger partial charge in [-0.1, -0.05) is 5.92 Å². The summed E-state index contributed by atoms with van der Waals surface area (Å²) in [4.78, 5) is 0. The summed E-state index contributed by atoms with van der Waals surface area (Å²) in [6.07, 6.45) is 6.47. The van der Waals surface area contributed by atoms with Crippen molar-refractivity contribution in [3.05, 3.63) is 11.9 Å². The van der Waals surface area contributed by atoms with E-state index in [0.717, 1.165) is 0 Å². The van der Waals surface area contributed by atoms with Crippen molar-refractivity contribution < 1.29 is 9.50 Å². The Labute approximate surface area is 54.2 Å². The van der Waals surface area contributed by atoms with Crippen LogP contribution in [0.2, 0.25) is 0 Å². The average molecular weight is 128 g/mol. The van der Waals surface area contributed by atoms with E-state index in [9.17, 15) is 4.39 Å². The van der Waals surface area contributed by atoms with Crippen LogP contribution in [0.25, 0.3) is 0 Å². The van der Waals surface area contributed by atoms with Crippen LogP contribution in [0, 0.1) is 12.3 Å². The van der Waals surface area contributed by atoms with Gasteiger partial charge < -0.3 is 5.11 Å². The smallest absolute Gasteiger partial charge is 0.108 e. The Bertz CT molecular complexity index is 132. The van der Waals surface area contributed by atoms with Crippen molar-refractivity contribution in [2.45, 2.75) is 12.8 Å². The van der Waals surface area contributed by atoms with E-state index < -0.39 is 0 Å². The zero-order valence-electron chi connectivity index (χ0n) is 5.10. The van der Waals surface area contributed by atoms with Crippen LogP contribution < -0.4 is 0 Å². The van der Waals surface area contributed by atoms with Crippen LogP contribution in [0.1, 0.15) is 12.8 Å². The molecule has 0 spiro atoms. The summed E-state index contributed by atoms with van der Waals surface area (Å²) >= 11 is 0. The molecule has 1 nitrogen and oxygen atoms in total. The first-order chi connectivity index (χ1) is 4.31. The number of aliphatic hydroxyl groups excluding tert-OH is 1. The van der Waals surface area contributed by atoms with Gasteiger partial charge in [-0.15, -0.1) is 6.42 Å². The first-order valence-corrected chi connectivity index (χ1v) is 2.70. The van der Waals surface area contributed by atoms with Crippen molar-refractivity contribution in [3.8, 4) is 12.3 Å². The summed E-state index contributed by atoms with van der Waals surface area (Å²) in [5, 5.41) is 8.22. The molecule has 0 heterocycles. The van der Waals surface area contributed by atoms with Crippen molar-refractivity contribution in [2.75, 3.05) is 6.61 Å². The molecule has 0 amide bonds. The maximum Gasteiger partial charge on any atom is 0.108 e. The molecule has 0 aromatic rings. The lowest BCUT2D eigenvalue weighted by Gasteiger charge is -1.86. The third-order valence-corrected chi connectivity index (χ3v) is 0.766.